The third kappa shape index (κ3) is 10.9. The Hall–Kier alpha value is -7.31. The second-order valence-electron chi connectivity index (χ2n) is 23.2. The maximum atomic E-state index is 17.1. The first-order valence-corrected chi connectivity index (χ1v) is 29.2. The Kier molecular flexibility index (Phi) is 15.1. The summed E-state index contributed by atoms with van der Waals surface area (Å²) in [7, 11) is 0. The fraction of sp³-hybridized carbons (Fsp3) is 0.459. The van der Waals surface area contributed by atoms with Crippen LogP contribution in [0.25, 0.3) is 43.4 Å². The van der Waals surface area contributed by atoms with Crippen molar-refractivity contribution in [2.24, 2.45) is 17.8 Å². The number of carbonyl (C=O) groups is 2. The lowest BCUT2D eigenvalue weighted by atomic mass is 9.83. The molecule has 7 aromatic rings. The smallest absolute Gasteiger partial charge is 0.319 e. The number of pyridine rings is 1. The van der Waals surface area contributed by atoms with Gasteiger partial charge in [-0.3, -0.25) is 19.5 Å². The number of anilines is 2. The predicted molar refractivity (Wildman–Crippen MR) is 306 cm³/mol. The lowest BCUT2D eigenvalue weighted by Gasteiger charge is -2.42. The molecule has 2 bridgehead atoms. The quantitative estimate of drug-likeness (QED) is 0.0673. The Morgan fingerprint density at radius 1 is 0.951 bits per heavy atom. The zero-order valence-electron chi connectivity index (χ0n) is 45.9. The molecule has 2 amide bonds. The van der Waals surface area contributed by atoms with Gasteiger partial charge in [-0.25, -0.2) is 13.8 Å². The number of hydrogen-bond acceptors (Lipinski definition) is 16. The number of phenolic OH excluding ortho intramolecular Hbond substituents is 1. The number of benzene rings is 3. The van der Waals surface area contributed by atoms with Crippen molar-refractivity contribution in [3.05, 3.63) is 101 Å². The summed E-state index contributed by atoms with van der Waals surface area (Å²) in [6.45, 7) is 13.7. The van der Waals surface area contributed by atoms with Crippen LogP contribution in [-0.2, 0) is 9.59 Å². The van der Waals surface area contributed by atoms with E-state index in [0.29, 0.717) is 66.2 Å². The molecule has 5 fully saturated rings. The molecule has 4 aromatic heterocycles. The molecule has 81 heavy (non-hydrogen) atoms. The first kappa shape index (κ1) is 54.3. The summed E-state index contributed by atoms with van der Waals surface area (Å²) in [5.74, 6) is 2.19. The molecular weight excluding hydrogens is 1050 g/mol. The number of piperidine rings is 1. The summed E-state index contributed by atoms with van der Waals surface area (Å²) in [4.78, 5) is 56.0. The highest BCUT2D eigenvalue weighted by Gasteiger charge is 2.44. The van der Waals surface area contributed by atoms with E-state index >= 15 is 8.78 Å². The fourth-order valence-corrected chi connectivity index (χ4v) is 13.8. The molecule has 12 rings (SSSR count). The second kappa shape index (κ2) is 22.6. The van der Waals surface area contributed by atoms with Crippen LogP contribution >= 0.6 is 11.3 Å². The minimum absolute atomic E-state index is 0.0117. The van der Waals surface area contributed by atoms with Crippen LogP contribution in [0.1, 0.15) is 93.8 Å². The van der Waals surface area contributed by atoms with Gasteiger partial charge in [0.2, 0.25) is 11.8 Å². The number of likely N-dealkylation sites (tertiary alicyclic amines) is 2. The molecule has 0 radical (unpaired) electrons. The Labute approximate surface area is 473 Å². The average molecular weight is 1120 g/mol. The number of aromatic hydroxyl groups is 1. The van der Waals surface area contributed by atoms with Crippen molar-refractivity contribution in [2.45, 2.75) is 102 Å². The second-order valence-corrected chi connectivity index (χ2v) is 24.0. The molecule has 17 nitrogen and oxygen atoms in total. The Bertz CT molecular complexity index is 3530. The van der Waals surface area contributed by atoms with Crippen LogP contribution < -0.4 is 25.2 Å². The van der Waals surface area contributed by atoms with Gasteiger partial charge in [-0.2, -0.15) is 9.97 Å². The summed E-state index contributed by atoms with van der Waals surface area (Å²) >= 11 is 1.59. The van der Waals surface area contributed by atoms with E-state index in [-0.39, 0.29) is 88.3 Å². The minimum atomic E-state index is -0.827. The van der Waals surface area contributed by atoms with Gasteiger partial charge in [0.15, 0.2) is 17.4 Å². The molecule has 6 atom stereocenters. The molecule has 0 aliphatic carbocycles. The molecule has 9 heterocycles. The summed E-state index contributed by atoms with van der Waals surface area (Å²) in [5, 5.41) is 33.8. The van der Waals surface area contributed by atoms with Gasteiger partial charge >= 0.3 is 6.01 Å². The standard InChI is InChI=1S/C61H67F2N11O6S/c1-6-45-48(62)14-11-40-22-43(75)23-46(53(40)45)55-54(63)56-47(26-64-55)58(73-29-41-12-13-42(30-73)67-41)69-61(68-56)79-20-19-71-17-15-36(16-18-71)21-37-27-72(28-37)51-25-50(80-70-51)52(33(2)3)60(78)74-31-44(76)24-49(74)59(77)66-34(4)38-7-9-39(10-8-38)57-35(5)65-32-81-57/h1,7-11,14,22-23,25-26,32-34,36-37,41-42,44,49,52,67,75-76H,12-13,15-21,24,27-31H2,2-5H3,(H,66,77)/t34-,41?,42?,44+,49-,52+/m0/s1. The van der Waals surface area contributed by atoms with E-state index in [1.807, 2.05) is 63.5 Å². The number of ether oxygens (including phenoxy) is 1. The van der Waals surface area contributed by atoms with Crippen LogP contribution in [0.5, 0.6) is 11.8 Å². The number of carbonyl (C=O) groups excluding carboxylic acids is 2. The average Bonchev–Trinajstić information content (AvgIpc) is 4.36. The van der Waals surface area contributed by atoms with Crippen molar-refractivity contribution in [2.75, 3.05) is 68.8 Å². The molecular formula is C61H67F2N11O6S. The van der Waals surface area contributed by atoms with Crippen LogP contribution in [0.2, 0.25) is 0 Å². The van der Waals surface area contributed by atoms with Gasteiger partial charge < -0.3 is 44.8 Å². The molecule has 0 saturated carbocycles. The summed E-state index contributed by atoms with van der Waals surface area (Å²) in [6, 6.07) is 14.9. The molecule has 5 aliphatic heterocycles. The van der Waals surface area contributed by atoms with Crippen molar-refractivity contribution in [1.29, 1.82) is 0 Å². The van der Waals surface area contributed by atoms with Gasteiger partial charge in [0.05, 0.1) is 39.2 Å². The molecule has 3 aromatic carbocycles. The zero-order valence-corrected chi connectivity index (χ0v) is 46.8. The molecule has 4 N–H and O–H groups in total. The largest absolute Gasteiger partial charge is 0.508 e. The maximum absolute atomic E-state index is 17.1. The number of terminal acetylenes is 1. The number of fused-ring (bicyclic) bond motifs is 4. The van der Waals surface area contributed by atoms with Gasteiger partial charge in [-0.05, 0) is 112 Å². The number of piperazine rings is 1. The first-order valence-electron chi connectivity index (χ1n) is 28.3. The highest BCUT2D eigenvalue weighted by atomic mass is 32.1. The van der Waals surface area contributed by atoms with E-state index in [1.165, 1.54) is 29.2 Å². The number of nitrogens with zero attached hydrogens (tertiary/aromatic N) is 9. The number of rotatable bonds is 16. The molecule has 5 aliphatic rings. The number of thiazole rings is 1. The maximum Gasteiger partial charge on any atom is 0.319 e. The number of aliphatic hydroxyl groups excluding tert-OH is 1. The predicted octanol–water partition coefficient (Wildman–Crippen LogP) is 8.37. The van der Waals surface area contributed by atoms with Gasteiger partial charge in [0.1, 0.15) is 47.2 Å². The lowest BCUT2D eigenvalue weighted by molar-refractivity contribution is -0.141. The topological polar surface area (TPSA) is 198 Å². The molecule has 2 unspecified atom stereocenters. The highest BCUT2D eigenvalue weighted by Crippen LogP contribution is 2.41. The number of aromatic nitrogens is 5. The van der Waals surface area contributed by atoms with Crippen LogP contribution in [0.3, 0.4) is 0 Å². The lowest BCUT2D eigenvalue weighted by Crippen LogP contribution is -2.51. The third-order valence-corrected chi connectivity index (χ3v) is 18.3. The van der Waals surface area contributed by atoms with Crippen molar-refractivity contribution in [3.63, 3.8) is 0 Å². The van der Waals surface area contributed by atoms with E-state index in [0.717, 1.165) is 80.0 Å². The van der Waals surface area contributed by atoms with Crippen molar-refractivity contribution >= 4 is 56.5 Å². The summed E-state index contributed by atoms with van der Waals surface area (Å²) in [5.41, 5.74) is 4.79. The summed E-state index contributed by atoms with van der Waals surface area (Å²) in [6.07, 6.45) is 11.9. The van der Waals surface area contributed by atoms with Gasteiger partial charge in [-0.15, -0.1) is 17.8 Å². The molecule has 20 heteroatoms. The van der Waals surface area contributed by atoms with E-state index in [9.17, 15) is 19.8 Å². The number of β-amino-alcohol motifs (C(OH)–C–C–N with tert-alkyl or cyclic N) is 1. The number of phenols is 1. The monoisotopic (exact) mass is 1120 g/mol. The van der Waals surface area contributed by atoms with Crippen LogP contribution in [-0.4, -0.2) is 140 Å². The molecule has 0 spiro atoms. The summed E-state index contributed by atoms with van der Waals surface area (Å²) < 4.78 is 44.3. The fourth-order valence-electron chi connectivity index (χ4n) is 13.0. The normalized spacial score (nSPS) is 21.4. The Balaban J connectivity index is 0.644. The number of halogens is 2. The van der Waals surface area contributed by atoms with Crippen LogP contribution in [0.15, 0.2) is 70.8 Å². The number of aliphatic hydroxyl groups is 1. The van der Waals surface area contributed by atoms with Gasteiger partial charge in [-0.1, -0.05) is 55.3 Å². The Morgan fingerprint density at radius 2 is 1.72 bits per heavy atom. The number of aryl methyl sites for hydroxylation is 1. The molecule has 422 valence electrons. The highest BCUT2D eigenvalue weighted by molar-refractivity contribution is 7.13. The van der Waals surface area contributed by atoms with Crippen LogP contribution in [0.4, 0.5) is 20.4 Å². The van der Waals surface area contributed by atoms with Gasteiger partial charge in [0.25, 0.3) is 0 Å². The van der Waals surface area contributed by atoms with Crippen molar-refractivity contribution < 1.29 is 37.8 Å². The third-order valence-electron chi connectivity index (χ3n) is 17.3. The first-order chi connectivity index (χ1) is 39.2. The van der Waals surface area contributed by atoms with E-state index in [1.54, 1.807) is 17.5 Å². The van der Waals surface area contributed by atoms with Gasteiger partial charge in [0, 0.05) is 81.0 Å². The Morgan fingerprint density at radius 3 is 2.43 bits per heavy atom. The molecule has 5 saturated heterocycles. The number of nitrogens with one attached hydrogen (secondary N) is 2. The number of hydrogen-bond donors (Lipinski definition) is 4. The van der Waals surface area contributed by atoms with Crippen LogP contribution in [0, 0.1) is 48.7 Å². The van der Waals surface area contributed by atoms with Crippen molar-refractivity contribution in [3.8, 4) is 45.8 Å². The zero-order chi connectivity index (χ0) is 56.2. The minimum Gasteiger partial charge on any atom is -0.508 e. The van der Waals surface area contributed by atoms with E-state index in [4.69, 9.17) is 20.7 Å². The van der Waals surface area contributed by atoms with Crippen molar-refractivity contribution in [1.82, 2.24) is 45.5 Å². The van der Waals surface area contributed by atoms with E-state index < -0.39 is 29.7 Å². The SMILES string of the molecule is C#Cc1c(F)ccc2cc(O)cc(-c3ncc4c(N5CC6CCC(C5)N6)nc(OCCN5CCC(CC6CN(c7cc([C@H](C(=O)N8C[C@H](O)C[C@H]8C(=O)N[C@@H](C)c8ccc(-c9scnc9C)cc8)C(C)C)on7)C6)CC5)nc4c3F)c12. The van der Waals surface area contributed by atoms with E-state index in [2.05, 4.69) is 51.4 Å². The number of amides is 2.